The van der Waals surface area contributed by atoms with E-state index >= 15 is 0 Å². The summed E-state index contributed by atoms with van der Waals surface area (Å²) in [6, 6.07) is 84.7. The fourth-order valence-corrected chi connectivity index (χ4v) is 8.74. The highest BCUT2D eigenvalue weighted by Gasteiger charge is 2.20. The molecule has 0 aliphatic carbocycles. The molecule has 282 valence electrons. The highest BCUT2D eigenvalue weighted by molar-refractivity contribution is 6.09. The Morgan fingerprint density at radius 1 is 0.300 bits per heavy atom. The van der Waals surface area contributed by atoms with Gasteiger partial charge < -0.3 is 9.32 Å². The van der Waals surface area contributed by atoms with Crippen LogP contribution in [0.25, 0.3) is 88.3 Å². The first-order valence-electron chi connectivity index (χ1n) is 20.5. The van der Waals surface area contributed by atoms with Crippen LogP contribution in [-0.4, -0.2) is 0 Å². The minimum absolute atomic E-state index is 0.888. The zero-order valence-electron chi connectivity index (χ0n) is 32.9. The molecule has 10 aromatic carbocycles. The van der Waals surface area contributed by atoms with Gasteiger partial charge in [-0.2, -0.15) is 0 Å². The molecule has 0 radical (unpaired) electrons. The lowest BCUT2D eigenvalue weighted by Gasteiger charge is -2.28. The van der Waals surface area contributed by atoms with Crippen molar-refractivity contribution < 1.29 is 4.42 Å². The Kier molecular flexibility index (Phi) is 8.87. The topological polar surface area (TPSA) is 16.4 Å². The van der Waals surface area contributed by atoms with Crippen LogP contribution in [0.1, 0.15) is 0 Å². The van der Waals surface area contributed by atoms with E-state index in [2.05, 4.69) is 229 Å². The first-order valence-corrected chi connectivity index (χ1v) is 20.5. The molecule has 0 aliphatic rings. The third-order valence-electron chi connectivity index (χ3n) is 11.7. The minimum Gasteiger partial charge on any atom is -0.455 e. The van der Waals surface area contributed by atoms with E-state index in [0.717, 1.165) is 67.2 Å². The van der Waals surface area contributed by atoms with Gasteiger partial charge in [-0.1, -0.05) is 194 Å². The fraction of sp³-hybridized carbons (Fsp3) is 0. The number of anilines is 3. The minimum atomic E-state index is 0.888. The number of nitrogens with zero attached hydrogens (tertiary/aromatic N) is 1. The fourth-order valence-electron chi connectivity index (χ4n) is 8.74. The summed E-state index contributed by atoms with van der Waals surface area (Å²) in [4.78, 5) is 2.39. The predicted octanol–water partition coefficient (Wildman–Crippen LogP) is 16.5. The molecular weight excluding hydrogens is 727 g/mol. The molecule has 0 bridgehead atoms. The Hall–Kier alpha value is -7.94. The van der Waals surface area contributed by atoms with Crippen molar-refractivity contribution in [1.29, 1.82) is 0 Å². The number of para-hydroxylation sites is 2. The monoisotopic (exact) mass is 765 g/mol. The lowest BCUT2D eigenvalue weighted by Crippen LogP contribution is -2.11. The maximum atomic E-state index is 6.55. The number of furan rings is 1. The van der Waals surface area contributed by atoms with Gasteiger partial charge in [0, 0.05) is 33.5 Å². The van der Waals surface area contributed by atoms with E-state index in [9.17, 15) is 0 Å². The van der Waals surface area contributed by atoms with E-state index in [4.69, 9.17) is 4.42 Å². The summed E-state index contributed by atoms with van der Waals surface area (Å²) in [7, 11) is 0. The maximum Gasteiger partial charge on any atom is 0.143 e. The second-order valence-electron chi connectivity index (χ2n) is 15.3. The van der Waals surface area contributed by atoms with Gasteiger partial charge in [0.2, 0.25) is 0 Å². The first kappa shape index (κ1) is 35.2. The van der Waals surface area contributed by atoms with Crippen molar-refractivity contribution in [2.75, 3.05) is 4.90 Å². The zero-order valence-corrected chi connectivity index (χ0v) is 32.9. The molecule has 0 aliphatic heterocycles. The first-order chi connectivity index (χ1) is 29.7. The quantitative estimate of drug-likeness (QED) is 0.143. The van der Waals surface area contributed by atoms with Crippen LogP contribution in [-0.2, 0) is 0 Å². The van der Waals surface area contributed by atoms with Gasteiger partial charge in [-0.05, 0) is 97.4 Å². The van der Waals surface area contributed by atoms with E-state index in [0.29, 0.717) is 0 Å². The number of benzene rings is 10. The Labute approximate surface area is 349 Å². The average molecular weight is 766 g/mol. The van der Waals surface area contributed by atoms with E-state index in [1.807, 2.05) is 12.1 Å². The average Bonchev–Trinajstić information content (AvgIpc) is 3.73. The summed E-state index contributed by atoms with van der Waals surface area (Å²) in [5.41, 5.74) is 14.5. The maximum absolute atomic E-state index is 6.55. The van der Waals surface area contributed by atoms with Crippen molar-refractivity contribution in [3.8, 4) is 55.8 Å². The van der Waals surface area contributed by atoms with Crippen molar-refractivity contribution in [2.45, 2.75) is 0 Å². The Morgan fingerprint density at radius 2 is 0.850 bits per heavy atom. The molecule has 11 rings (SSSR count). The summed E-state index contributed by atoms with van der Waals surface area (Å²) >= 11 is 0. The molecule has 1 aromatic heterocycles. The third kappa shape index (κ3) is 6.41. The summed E-state index contributed by atoms with van der Waals surface area (Å²) < 4.78 is 6.55. The van der Waals surface area contributed by atoms with Gasteiger partial charge in [-0.3, -0.25) is 0 Å². The third-order valence-corrected chi connectivity index (χ3v) is 11.7. The van der Waals surface area contributed by atoms with Crippen LogP contribution >= 0.6 is 0 Å². The number of fused-ring (bicyclic) bond motifs is 4. The Balaban J connectivity index is 0.940. The molecule has 0 fully saturated rings. The molecular formula is C58H39NO. The lowest BCUT2D eigenvalue weighted by molar-refractivity contribution is 0.632. The van der Waals surface area contributed by atoms with E-state index in [-0.39, 0.29) is 0 Å². The molecule has 0 saturated carbocycles. The molecule has 1 heterocycles. The number of rotatable bonds is 8. The van der Waals surface area contributed by atoms with Gasteiger partial charge in [-0.25, -0.2) is 0 Å². The van der Waals surface area contributed by atoms with Crippen molar-refractivity contribution in [3.05, 3.63) is 237 Å². The predicted molar refractivity (Wildman–Crippen MR) is 253 cm³/mol. The highest BCUT2D eigenvalue weighted by atomic mass is 16.3. The second-order valence-corrected chi connectivity index (χ2v) is 15.3. The van der Waals surface area contributed by atoms with Crippen LogP contribution in [0.4, 0.5) is 17.1 Å². The molecule has 0 unspecified atom stereocenters. The number of hydrogen-bond acceptors (Lipinski definition) is 2. The van der Waals surface area contributed by atoms with Crippen molar-refractivity contribution in [1.82, 2.24) is 0 Å². The van der Waals surface area contributed by atoms with Crippen LogP contribution in [0.15, 0.2) is 241 Å². The standard InChI is InChI=1S/C58H39NO/c1-3-14-43(15-4-1)53-22-9-11-24-55(53)59(50-36-37-52-47(39-50)31-30-44-16-7-8-21-51(44)52)49-34-32-41(33-35-49)40-26-28-42(29-27-40)46-19-13-20-48(38-46)58-57(45-17-5-2-6-18-45)54-23-10-12-25-56(54)60-58/h1-39H. The molecule has 0 saturated heterocycles. The van der Waals surface area contributed by atoms with Crippen LogP contribution in [0, 0.1) is 0 Å². The molecule has 2 heteroatoms. The smallest absolute Gasteiger partial charge is 0.143 e. The van der Waals surface area contributed by atoms with Crippen LogP contribution < -0.4 is 4.90 Å². The summed E-state index contributed by atoms with van der Waals surface area (Å²) in [5, 5.41) is 6.11. The van der Waals surface area contributed by atoms with Crippen LogP contribution in [0.5, 0.6) is 0 Å². The molecule has 2 nitrogen and oxygen atoms in total. The van der Waals surface area contributed by atoms with Gasteiger partial charge in [-0.15, -0.1) is 0 Å². The van der Waals surface area contributed by atoms with Gasteiger partial charge >= 0.3 is 0 Å². The Bertz CT molecular complexity index is 3290. The van der Waals surface area contributed by atoms with Crippen LogP contribution in [0.2, 0.25) is 0 Å². The van der Waals surface area contributed by atoms with Crippen molar-refractivity contribution >= 4 is 49.6 Å². The van der Waals surface area contributed by atoms with Crippen molar-refractivity contribution in [2.24, 2.45) is 0 Å². The van der Waals surface area contributed by atoms with E-state index < -0.39 is 0 Å². The van der Waals surface area contributed by atoms with Gasteiger partial charge in [0.05, 0.1) is 5.69 Å². The van der Waals surface area contributed by atoms with Gasteiger partial charge in [0.1, 0.15) is 11.3 Å². The molecule has 60 heavy (non-hydrogen) atoms. The van der Waals surface area contributed by atoms with Crippen LogP contribution in [0.3, 0.4) is 0 Å². The van der Waals surface area contributed by atoms with E-state index in [1.54, 1.807) is 0 Å². The molecule has 11 aromatic rings. The molecule has 0 spiro atoms. The normalized spacial score (nSPS) is 11.3. The summed E-state index contributed by atoms with van der Waals surface area (Å²) in [6.45, 7) is 0. The SMILES string of the molecule is c1ccc(-c2ccccc2N(c2ccc(-c3ccc(-c4cccc(-c5oc6ccccc6c5-c5ccccc5)c4)cc3)cc2)c2ccc3c(ccc4ccccc43)c2)cc1. The highest BCUT2D eigenvalue weighted by Crippen LogP contribution is 2.44. The molecule has 0 amide bonds. The largest absolute Gasteiger partial charge is 0.455 e. The zero-order chi connectivity index (χ0) is 39.8. The molecule has 0 atom stereocenters. The van der Waals surface area contributed by atoms with Crippen molar-refractivity contribution in [3.63, 3.8) is 0 Å². The second kappa shape index (κ2) is 15.1. The lowest BCUT2D eigenvalue weighted by atomic mass is 9.95. The molecule has 0 N–H and O–H groups in total. The number of hydrogen-bond donors (Lipinski definition) is 0. The van der Waals surface area contributed by atoms with Gasteiger partial charge in [0.15, 0.2) is 0 Å². The van der Waals surface area contributed by atoms with E-state index in [1.165, 1.54) is 38.2 Å². The summed E-state index contributed by atoms with van der Waals surface area (Å²) in [6.07, 6.45) is 0. The Morgan fingerprint density at radius 3 is 1.63 bits per heavy atom. The summed E-state index contributed by atoms with van der Waals surface area (Å²) in [5.74, 6) is 0.888. The van der Waals surface area contributed by atoms with Gasteiger partial charge in [0.25, 0.3) is 0 Å².